The van der Waals surface area contributed by atoms with Gasteiger partial charge in [-0.05, 0) is 44.2 Å². The van der Waals surface area contributed by atoms with Crippen molar-refractivity contribution < 1.29 is 28.7 Å². The van der Waals surface area contributed by atoms with Crippen LogP contribution in [0.5, 0.6) is 5.75 Å². The SMILES string of the molecule is COc1ccc(NC(C)=O)cc1NC(=O)COC(=O)c1ccccc1NC(=O)NC(C)C. The maximum Gasteiger partial charge on any atom is 0.340 e. The lowest BCUT2D eigenvalue weighted by Crippen LogP contribution is -2.34. The number of benzene rings is 2. The second-order valence-corrected chi connectivity index (χ2v) is 7.02. The van der Waals surface area contributed by atoms with Gasteiger partial charge in [-0.15, -0.1) is 0 Å². The number of carbonyl (C=O) groups is 4. The molecule has 0 unspecified atom stereocenters. The number of anilines is 3. The molecule has 170 valence electrons. The Morgan fingerprint density at radius 2 is 1.66 bits per heavy atom. The number of ether oxygens (including phenoxy) is 2. The third kappa shape index (κ3) is 7.31. The van der Waals surface area contributed by atoms with Gasteiger partial charge in [0.05, 0.1) is 24.0 Å². The molecule has 0 fully saturated rings. The molecule has 0 aliphatic heterocycles. The van der Waals surface area contributed by atoms with Gasteiger partial charge in [0.25, 0.3) is 5.91 Å². The lowest BCUT2D eigenvalue weighted by atomic mass is 10.2. The Labute approximate surface area is 185 Å². The van der Waals surface area contributed by atoms with Gasteiger partial charge in [0.2, 0.25) is 5.91 Å². The van der Waals surface area contributed by atoms with Crippen molar-refractivity contribution in [1.82, 2.24) is 5.32 Å². The van der Waals surface area contributed by atoms with E-state index in [0.29, 0.717) is 17.1 Å². The predicted molar refractivity (Wildman–Crippen MR) is 120 cm³/mol. The molecule has 2 rings (SSSR count). The second-order valence-electron chi connectivity index (χ2n) is 7.02. The highest BCUT2D eigenvalue weighted by Gasteiger charge is 2.17. The molecule has 0 spiro atoms. The molecule has 0 saturated carbocycles. The molecular weight excluding hydrogens is 416 g/mol. The van der Waals surface area contributed by atoms with Crippen LogP contribution in [0.15, 0.2) is 42.5 Å². The number of rotatable bonds is 8. The van der Waals surface area contributed by atoms with Gasteiger partial charge in [-0.3, -0.25) is 9.59 Å². The molecule has 32 heavy (non-hydrogen) atoms. The molecule has 0 saturated heterocycles. The van der Waals surface area contributed by atoms with E-state index in [9.17, 15) is 19.2 Å². The van der Waals surface area contributed by atoms with E-state index in [1.54, 1.807) is 44.2 Å². The van der Waals surface area contributed by atoms with E-state index in [1.807, 2.05) is 0 Å². The fraction of sp³-hybridized carbons (Fsp3) is 0.273. The summed E-state index contributed by atoms with van der Waals surface area (Å²) < 4.78 is 10.3. The molecule has 4 N–H and O–H groups in total. The Hall–Kier alpha value is -4.08. The van der Waals surface area contributed by atoms with Crippen LogP contribution in [0.1, 0.15) is 31.1 Å². The Kier molecular flexibility index (Phi) is 8.58. The van der Waals surface area contributed by atoms with Crippen LogP contribution in [0.4, 0.5) is 21.9 Å². The van der Waals surface area contributed by atoms with Gasteiger partial charge in [0, 0.05) is 18.7 Å². The monoisotopic (exact) mass is 442 g/mol. The zero-order chi connectivity index (χ0) is 23.7. The Bertz CT molecular complexity index is 1010. The van der Waals surface area contributed by atoms with Gasteiger partial charge in [-0.25, -0.2) is 9.59 Å². The summed E-state index contributed by atoms with van der Waals surface area (Å²) in [6.45, 7) is 4.40. The van der Waals surface area contributed by atoms with Crippen molar-refractivity contribution in [3.63, 3.8) is 0 Å². The maximum absolute atomic E-state index is 12.5. The molecule has 10 heteroatoms. The highest BCUT2D eigenvalue weighted by atomic mass is 16.5. The summed E-state index contributed by atoms with van der Waals surface area (Å²) in [5.74, 6) is -1.29. The summed E-state index contributed by atoms with van der Waals surface area (Å²) in [4.78, 5) is 48.0. The highest BCUT2D eigenvalue weighted by molar-refractivity contribution is 6.02. The van der Waals surface area contributed by atoms with Crippen molar-refractivity contribution in [2.24, 2.45) is 0 Å². The summed E-state index contributed by atoms with van der Waals surface area (Å²) in [6.07, 6.45) is 0. The minimum Gasteiger partial charge on any atom is -0.495 e. The summed E-state index contributed by atoms with van der Waals surface area (Å²) >= 11 is 0. The number of carbonyl (C=O) groups excluding carboxylic acids is 4. The molecule has 2 aromatic carbocycles. The smallest absolute Gasteiger partial charge is 0.340 e. The lowest BCUT2D eigenvalue weighted by Gasteiger charge is -2.14. The average Bonchev–Trinajstić information content (AvgIpc) is 2.71. The number of nitrogens with one attached hydrogen (secondary N) is 4. The second kappa shape index (κ2) is 11.3. The first-order valence-corrected chi connectivity index (χ1v) is 9.78. The third-order valence-electron chi connectivity index (χ3n) is 3.94. The van der Waals surface area contributed by atoms with Crippen molar-refractivity contribution in [3.05, 3.63) is 48.0 Å². The van der Waals surface area contributed by atoms with E-state index in [2.05, 4.69) is 21.3 Å². The number of methoxy groups -OCH3 is 1. The molecule has 0 radical (unpaired) electrons. The molecule has 2 aromatic rings. The van der Waals surface area contributed by atoms with E-state index < -0.39 is 24.5 Å². The lowest BCUT2D eigenvalue weighted by molar-refractivity contribution is -0.119. The van der Waals surface area contributed by atoms with Crippen molar-refractivity contribution in [2.45, 2.75) is 26.8 Å². The first kappa shape index (κ1) is 24.2. The summed E-state index contributed by atoms with van der Waals surface area (Å²) in [7, 11) is 1.43. The van der Waals surface area contributed by atoms with E-state index in [4.69, 9.17) is 9.47 Å². The normalized spacial score (nSPS) is 10.2. The van der Waals surface area contributed by atoms with Crippen LogP contribution in [0.25, 0.3) is 0 Å². The summed E-state index contributed by atoms with van der Waals surface area (Å²) in [5.41, 5.74) is 1.11. The van der Waals surface area contributed by atoms with Crippen LogP contribution in [0.3, 0.4) is 0 Å². The number of hydrogen-bond donors (Lipinski definition) is 4. The number of amides is 4. The number of hydrogen-bond acceptors (Lipinski definition) is 6. The number of urea groups is 1. The molecular formula is C22H26N4O6. The molecule has 0 aliphatic rings. The largest absolute Gasteiger partial charge is 0.495 e. The van der Waals surface area contributed by atoms with E-state index >= 15 is 0 Å². The highest BCUT2D eigenvalue weighted by Crippen LogP contribution is 2.28. The van der Waals surface area contributed by atoms with Crippen molar-refractivity contribution in [1.29, 1.82) is 0 Å². The Morgan fingerprint density at radius 3 is 2.31 bits per heavy atom. The van der Waals surface area contributed by atoms with Crippen LogP contribution >= 0.6 is 0 Å². The molecule has 0 heterocycles. The van der Waals surface area contributed by atoms with Crippen LogP contribution in [0, 0.1) is 0 Å². The van der Waals surface area contributed by atoms with Crippen LogP contribution in [0.2, 0.25) is 0 Å². The minimum absolute atomic E-state index is 0.0843. The van der Waals surface area contributed by atoms with Crippen molar-refractivity contribution in [2.75, 3.05) is 29.7 Å². The van der Waals surface area contributed by atoms with Crippen LogP contribution in [-0.2, 0) is 14.3 Å². The van der Waals surface area contributed by atoms with Crippen molar-refractivity contribution >= 4 is 40.9 Å². The third-order valence-corrected chi connectivity index (χ3v) is 3.94. The quantitative estimate of drug-likeness (QED) is 0.464. The fourth-order valence-corrected chi connectivity index (χ4v) is 2.67. The number of para-hydroxylation sites is 1. The van der Waals surface area contributed by atoms with E-state index in [-0.39, 0.29) is 23.2 Å². The van der Waals surface area contributed by atoms with Crippen LogP contribution in [-0.4, -0.2) is 43.6 Å². The van der Waals surface area contributed by atoms with E-state index in [1.165, 1.54) is 26.2 Å². The fourth-order valence-electron chi connectivity index (χ4n) is 2.67. The van der Waals surface area contributed by atoms with Gasteiger partial charge in [-0.1, -0.05) is 12.1 Å². The molecule has 0 aliphatic carbocycles. The van der Waals surface area contributed by atoms with Crippen LogP contribution < -0.4 is 26.0 Å². The maximum atomic E-state index is 12.5. The molecule has 4 amide bonds. The van der Waals surface area contributed by atoms with Gasteiger partial charge < -0.3 is 30.7 Å². The topological polar surface area (TPSA) is 135 Å². The zero-order valence-electron chi connectivity index (χ0n) is 18.3. The minimum atomic E-state index is -0.778. The standard InChI is InChI=1S/C22H26N4O6/c1-13(2)23-22(30)26-17-8-6-5-7-16(17)21(29)32-12-20(28)25-18-11-15(24-14(3)27)9-10-19(18)31-4/h5-11,13H,12H2,1-4H3,(H,24,27)(H,25,28)(H2,23,26,30). The van der Waals surface area contributed by atoms with Crippen molar-refractivity contribution in [3.8, 4) is 5.75 Å². The molecule has 0 aromatic heterocycles. The van der Waals surface area contributed by atoms with Gasteiger partial charge in [0.1, 0.15) is 5.75 Å². The first-order valence-electron chi connectivity index (χ1n) is 9.78. The predicted octanol–water partition coefficient (Wildman–Crippen LogP) is 2.98. The average molecular weight is 442 g/mol. The van der Waals surface area contributed by atoms with Gasteiger partial charge in [-0.2, -0.15) is 0 Å². The Morgan fingerprint density at radius 1 is 0.938 bits per heavy atom. The molecule has 10 nitrogen and oxygen atoms in total. The van der Waals surface area contributed by atoms with Gasteiger partial charge >= 0.3 is 12.0 Å². The summed E-state index contributed by atoms with van der Waals surface area (Å²) in [6, 6.07) is 10.5. The molecule has 0 atom stereocenters. The van der Waals surface area contributed by atoms with Gasteiger partial charge in [0.15, 0.2) is 6.61 Å². The molecule has 0 bridgehead atoms. The Balaban J connectivity index is 2.03. The number of esters is 1. The zero-order valence-corrected chi connectivity index (χ0v) is 18.3. The first-order chi connectivity index (χ1) is 15.2. The summed E-state index contributed by atoms with van der Waals surface area (Å²) in [5, 5.41) is 10.4. The van der Waals surface area contributed by atoms with E-state index in [0.717, 1.165) is 0 Å².